The summed E-state index contributed by atoms with van der Waals surface area (Å²) in [5.74, 6) is 0.0847. The van der Waals surface area contributed by atoms with Gasteiger partial charge in [-0.25, -0.2) is 9.59 Å². The average Bonchev–Trinajstić information content (AvgIpc) is 3.23. The van der Waals surface area contributed by atoms with Crippen molar-refractivity contribution in [2.45, 2.75) is 19.4 Å². The van der Waals surface area contributed by atoms with Crippen LogP contribution in [0.15, 0.2) is 68.0 Å². The molecule has 26 heavy (non-hydrogen) atoms. The van der Waals surface area contributed by atoms with Gasteiger partial charge in [0.15, 0.2) is 11.2 Å². The van der Waals surface area contributed by atoms with Crippen LogP contribution in [0.4, 0.5) is 0 Å². The van der Waals surface area contributed by atoms with Crippen LogP contribution in [0.1, 0.15) is 13.3 Å². The van der Waals surface area contributed by atoms with Gasteiger partial charge in [0.2, 0.25) is 5.75 Å². The lowest BCUT2D eigenvalue weighted by molar-refractivity contribution is -0.138. The van der Waals surface area contributed by atoms with E-state index in [1.165, 1.54) is 12.1 Å². The Morgan fingerprint density at radius 1 is 1.19 bits per heavy atom. The van der Waals surface area contributed by atoms with Gasteiger partial charge in [-0.15, -0.1) is 0 Å². The molecular formula is C20H16O6. The van der Waals surface area contributed by atoms with Gasteiger partial charge in [-0.05, 0) is 37.3 Å². The largest absolute Gasteiger partial charge is 0.482 e. The summed E-state index contributed by atoms with van der Waals surface area (Å²) >= 11 is 0. The number of cyclic esters (lactones) is 1. The van der Waals surface area contributed by atoms with Crippen molar-refractivity contribution in [3.8, 4) is 5.75 Å². The van der Waals surface area contributed by atoms with E-state index in [-0.39, 0.29) is 18.7 Å². The lowest BCUT2D eigenvalue weighted by atomic mass is 10.1. The van der Waals surface area contributed by atoms with Crippen LogP contribution in [0.5, 0.6) is 5.75 Å². The van der Waals surface area contributed by atoms with E-state index in [4.69, 9.17) is 18.3 Å². The minimum atomic E-state index is -0.449. The molecule has 1 aliphatic heterocycles. The molecule has 0 saturated heterocycles. The molecule has 0 bridgehead atoms. The van der Waals surface area contributed by atoms with Crippen LogP contribution in [0.3, 0.4) is 0 Å². The predicted molar refractivity (Wildman–Crippen MR) is 95.1 cm³/mol. The molecule has 3 heterocycles. The molecule has 1 unspecified atom stereocenters. The molecule has 0 amide bonds. The van der Waals surface area contributed by atoms with Crippen LogP contribution < -0.4 is 10.4 Å². The van der Waals surface area contributed by atoms with Crippen LogP contribution in [-0.4, -0.2) is 18.7 Å². The quantitative estimate of drug-likeness (QED) is 0.395. The van der Waals surface area contributed by atoms with Crippen molar-refractivity contribution in [2.75, 3.05) is 6.61 Å². The van der Waals surface area contributed by atoms with Gasteiger partial charge in [-0.3, -0.25) is 0 Å². The van der Waals surface area contributed by atoms with Crippen molar-refractivity contribution < 1.29 is 23.1 Å². The maximum Gasteiger partial charge on any atom is 0.336 e. The van der Waals surface area contributed by atoms with Crippen molar-refractivity contribution in [3.63, 3.8) is 0 Å². The maximum atomic E-state index is 11.6. The first-order valence-corrected chi connectivity index (χ1v) is 8.21. The van der Waals surface area contributed by atoms with Gasteiger partial charge >= 0.3 is 11.6 Å². The number of fused-ring (bicyclic) bond motifs is 2. The molecule has 0 radical (unpaired) electrons. The molecule has 0 aliphatic carbocycles. The normalized spacial score (nSPS) is 17.2. The van der Waals surface area contributed by atoms with Crippen molar-refractivity contribution in [2.24, 2.45) is 0 Å². The third kappa shape index (κ3) is 3.13. The number of carbonyl (C=O) groups excluding carboxylic acids is 1. The fourth-order valence-corrected chi connectivity index (χ4v) is 2.93. The van der Waals surface area contributed by atoms with Gasteiger partial charge < -0.3 is 18.3 Å². The third-order valence-electron chi connectivity index (χ3n) is 4.18. The Morgan fingerprint density at radius 3 is 2.85 bits per heavy atom. The summed E-state index contributed by atoms with van der Waals surface area (Å²) in [6.07, 6.45) is 7.01. The number of ether oxygens (including phenoxy) is 2. The molecule has 4 rings (SSSR count). The van der Waals surface area contributed by atoms with Crippen LogP contribution in [0.25, 0.3) is 21.9 Å². The van der Waals surface area contributed by atoms with E-state index < -0.39 is 5.63 Å². The molecule has 1 aromatic carbocycles. The summed E-state index contributed by atoms with van der Waals surface area (Å²) in [7, 11) is 0. The van der Waals surface area contributed by atoms with Gasteiger partial charge in [0.25, 0.3) is 0 Å². The Morgan fingerprint density at radius 2 is 2.04 bits per heavy atom. The summed E-state index contributed by atoms with van der Waals surface area (Å²) in [6, 6.07) is 6.78. The number of rotatable bonds is 5. The zero-order valence-corrected chi connectivity index (χ0v) is 14.1. The number of carbonyl (C=O) groups is 1. The van der Waals surface area contributed by atoms with Crippen LogP contribution in [-0.2, 0) is 9.53 Å². The summed E-state index contributed by atoms with van der Waals surface area (Å²) in [6.45, 7) is 2.21. The van der Waals surface area contributed by atoms with Crippen molar-refractivity contribution in [1.29, 1.82) is 0 Å². The van der Waals surface area contributed by atoms with Gasteiger partial charge in [0.1, 0.15) is 12.7 Å². The second-order valence-electron chi connectivity index (χ2n) is 6.12. The number of esters is 1. The minimum Gasteiger partial charge on any atom is -0.482 e. The molecule has 2 aromatic heterocycles. The zero-order valence-electron chi connectivity index (χ0n) is 14.1. The number of benzene rings is 1. The highest BCUT2D eigenvalue weighted by Crippen LogP contribution is 2.35. The third-order valence-corrected chi connectivity index (χ3v) is 4.18. The second kappa shape index (κ2) is 6.55. The lowest BCUT2D eigenvalue weighted by Gasteiger charge is -2.10. The Hall–Kier alpha value is -3.28. The topological polar surface area (TPSA) is 78.9 Å². The standard InChI is InChI=1S/C20H16O6/c1-12(10-15-3-5-16(21)25-15)6-8-24-20-18-14(7-9-23-18)11-13-2-4-17(22)26-19(13)20/h2-7,9,11,15H,8,10H2,1H3/b12-6+. The summed E-state index contributed by atoms with van der Waals surface area (Å²) < 4.78 is 21.8. The highest BCUT2D eigenvalue weighted by molar-refractivity contribution is 5.99. The molecule has 1 aliphatic rings. The Balaban J connectivity index is 1.57. The SMILES string of the molecule is C/C(=C\COc1c2occc2cc2ccc(=O)oc12)CC1C=CC(=O)O1. The van der Waals surface area contributed by atoms with Crippen LogP contribution in [0.2, 0.25) is 0 Å². The molecule has 0 N–H and O–H groups in total. The van der Waals surface area contributed by atoms with Crippen molar-refractivity contribution in [3.05, 3.63) is 64.7 Å². The number of hydrogen-bond acceptors (Lipinski definition) is 6. The molecule has 6 heteroatoms. The molecule has 1 atom stereocenters. The maximum absolute atomic E-state index is 11.6. The van der Waals surface area contributed by atoms with Crippen molar-refractivity contribution >= 4 is 27.9 Å². The Kier molecular flexibility index (Phi) is 4.08. The smallest absolute Gasteiger partial charge is 0.336 e. The summed E-state index contributed by atoms with van der Waals surface area (Å²) in [4.78, 5) is 22.7. The molecule has 0 fully saturated rings. The second-order valence-corrected chi connectivity index (χ2v) is 6.12. The minimum absolute atomic E-state index is 0.230. The Labute approximate surface area is 148 Å². The van der Waals surface area contributed by atoms with E-state index in [9.17, 15) is 9.59 Å². The van der Waals surface area contributed by atoms with Crippen LogP contribution in [0, 0.1) is 0 Å². The highest BCUT2D eigenvalue weighted by atomic mass is 16.5. The van der Waals surface area contributed by atoms with E-state index in [2.05, 4.69) is 0 Å². The average molecular weight is 352 g/mol. The lowest BCUT2D eigenvalue weighted by Crippen LogP contribution is -2.08. The fourth-order valence-electron chi connectivity index (χ4n) is 2.93. The monoisotopic (exact) mass is 352 g/mol. The van der Waals surface area contributed by atoms with E-state index in [1.807, 2.05) is 25.1 Å². The zero-order chi connectivity index (χ0) is 18.1. The molecule has 6 nitrogen and oxygen atoms in total. The molecular weight excluding hydrogens is 336 g/mol. The molecule has 3 aromatic rings. The van der Waals surface area contributed by atoms with Gasteiger partial charge in [-0.1, -0.05) is 5.57 Å². The highest BCUT2D eigenvalue weighted by Gasteiger charge is 2.17. The van der Waals surface area contributed by atoms with E-state index >= 15 is 0 Å². The predicted octanol–water partition coefficient (Wildman–Crippen LogP) is 3.74. The van der Waals surface area contributed by atoms with Gasteiger partial charge in [0, 0.05) is 29.3 Å². The van der Waals surface area contributed by atoms with Crippen LogP contribution >= 0.6 is 0 Å². The number of furan rings is 1. The number of hydrogen-bond donors (Lipinski definition) is 0. The van der Waals surface area contributed by atoms with E-state index in [0.717, 1.165) is 16.3 Å². The first-order valence-electron chi connectivity index (χ1n) is 8.21. The molecule has 0 saturated carbocycles. The summed E-state index contributed by atoms with van der Waals surface area (Å²) in [5, 5.41) is 1.63. The van der Waals surface area contributed by atoms with Crippen molar-refractivity contribution in [1.82, 2.24) is 0 Å². The Bertz CT molecular complexity index is 1100. The first kappa shape index (κ1) is 16.2. The van der Waals surface area contributed by atoms with E-state index in [0.29, 0.717) is 23.3 Å². The van der Waals surface area contributed by atoms with E-state index in [1.54, 1.807) is 18.4 Å². The molecule has 0 spiro atoms. The van der Waals surface area contributed by atoms with Gasteiger partial charge in [-0.2, -0.15) is 0 Å². The fraction of sp³-hybridized carbons (Fsp3) is 0.200. The first-order chi connectivity index (χ1) is 12.6. The molecule has 132 valence electrons. The van der Waals surface area contributed by atoms with Gasteiger partial charge in [0.05, 0.1) is 6.26 Å². The summed E-state index contributed by atoms with van der Waals surface area (Å²) in [5.41, 5.74) is 1.46.